The fourth-order valence-electron chi connectivity index (χ4n) is 2.56. The summed E-state index contributed by atoms with van der Waals surface area (Å²) < 4.78 is 16.2. The molecule has 0 radical (unpaired) electrons. The quantitative estimate of drug-likeness (QED) is 0.718. The lowest BCUT2D eigenvalue weighted by Gasteiger charge is -2.17. The molecule has 1 amide bonds. The van der Waals surface area contributed by atoms with Crippen molar-refractivity contribution in [3.63, 3.8) is 0 Å². The van der Waals surface area contributed by atoms with Gasteiger partial charge in [0.15, 0.2) is 0 Å². The van der Waals surface area contributed by atoms with Crippen molar-refractivity contribution in [1.29, 1.82) is 0 Å². The van der Waals surface area contributed by atoms with Gasteiger partial charge in [-0.05, 0) is 23.8 Å². The number of rotatable bonds is 5. The van der Waals surface area contributed by atoms with Crippen LogP contribution in [0.4, 0.5) is 4.39 Å². The summed E-state index contributed by atoms with van der Waals surface area (Å²) in [5.74, 6) is -0.953. The first kappa shape index (κ1) is 17.6. The lowest BCUT2D eigenvalue weighted by atomic mass is 10.1. The van der Waals surface area contributed by atoms with Crippen LogP contribution < -0.4 is 10.9 Å². The minimum atomic E-state index is -0.767. The van der Waals surface area contributed by atoms with Crippen LogP contribution in [-0.2, 0) is 7.05 Å². The monoisotopic (exact) mass is 356 g/mol. The molecule has 0 saturated heterocycles. The molecule has 1 unspecified atom stereocenters. The summed E-state index contributed by atoms with van der Waals surface area (Å²) in [7, 11) is 1.72. The molecule has 0 aliphatic heterocycles. The molecule has 2 aromatic heterocycles. The highest BCUT2D eigenvalue weighted by atomic mass is 19.1. The van der Waals surface area contributed by atoms with E-state index in [4.69, 9.17) is 0 Å². The summed E-state index contributed by atoms with van der Waals surface area (Å²) in [6.45, 7) is -0.391. The zero-order chi connectivity index (χ0) is 18.7. The number of nitrogens with zero attached hydrogens (tertiary/aromatic N) is 3. The SMILES string of the molecule is Cn1cc(-n2cc(C(=O)NC(CO)c3cccc(F)c3)ccc2=O)cn1. The van der Waals surface area contributed by atoms with Crippen molar-refractivity contribution in [2.75, 3.05) is 6.61 Å². The van der Waals surface area contributed by atoms with Crippen molar-refractivity contribution in [1.82, 2.24) is 19.7 Å². The van der Waals surface area contributed by atoms with Gasteiger partial charge in [-0.1, -0.05) is 12.1 Å². The van der Waals surface area contributed by atoms with E-state index in [9.17, 15) is 19.1 Å². The Hall–Kier alpha value is -3.26. The number of benzene rings is 1. The predicted octanol–water partition coefficient (Wildman–Crippen LogP) is 1.17. The van der Waals surface area contributed by atoms with Gasteiger partial charge in [0.2, 0.25) is 0 Å². The second kappa shape index (κ2) is 7.32. The molecular formula is C18H17FN4O3. The first-order chi connectivity index (χ1) is 12.5. The fraction of sp³-hybridized carbons (Fsp3) is 0.167. The van der Waals surface area contributed by atoms with Crippen LogP contribution in [-0.4, -0.2) is 32.0 Å². The number of aryl methyl sites for hydroxylation is 1. The standard InChI is InChI=1S/C18H17FN4O3/c1-22-10-15(8-20-22)23-9-13(5-6-17(23)25)18(26)21-16(11-24)12-3-2-4-14(19)7-12/h2-10,16,24H,11H2,1H3,(H,21,26). The maximum Gasteiger partial charge on any atom is 0.255 e. The van der Waals surface area contributed by atoms with E-state index >= 15 is 0 Å². The van der Waals surface area contributed by atoms with E-state index in [-0.39, 0.29) is 11.1 Å². The van der Waals surface area contributed by atoms with Crippen LogP contribution in [0.25, 0.3) is 5.69 Å². The van der Waals surface area contributed by atoms with Crippen molar-refractivity contribution >= 4 is 5.91 Å². The van der Waals surface area contributed by atoms with Gasteiger partial charge in [-0.15, -0.1) is 0 Å². The summed E-state index contributed by atoms with van der Waals surface area (Å²) >= 11 is 0. The molecule has 8 heteroatoms. The number of hydrogen-bond acceptors (Lipinski definition) is 4. The summed E-state index contributed by atoms with van der Waals surface area (Å²) in [4.78, 5) is 24.6. The Morgan fingerprint density at radius 2 is 2.12 bits per heavy atom. The average molecular weight is 356 g/mol. The molecule has 7 nitrogen and oxygen atoms in total. The number of pyridine rings is 1. The zero-order valence-electron chi connectivity index (χ0n) is 14.0. The molecule has 134 valence electrons. The van der Waals surface area contributed by atoms with Crippen molar-refractivity contribution < 1.29 is 14.3 Å². The van der Waals surface area contributed by atoms with Gasteiger partial charge in [0.05, 0.1) is 30.1 Å². The number of aliphatic hydroxyl groups excluding tert-OH is 1. The molecular weight excluding hydrogens is 339 g/mol. The summed E-state index contributed by atoms with van der Waals surface area (Å²) in [5.41, 5.74) is 0.888. The Kier molecular flexibility index (Phi) is 4.94. The van der Waals surface area contributed by atoms with Crippen LogP contribution in [0.15, 0.2) is 59.8 Å². The molecule has 1 aromatic carbocycles. The van der Waals surface area contributed by atoms with E-state index in [1.54, 1.807) is 24.0 Å². The Bertz CT molecular complexity index is 996. The van der Waals surface area contributed by atoms with Crippen LogP contribution in [0.2, 0.25) is 0 Å². The number of amides is 1. The molecule has 0 aliphatic rings. The molecule has 0 fully saturated rings. The van der Waals surface area contributed by atoms with Gasteiger partial charge in [0.1, 0.15) is 5.82 Å². The lowest BCUT2D eigenvalue weighted by molar-refractivity contribution is 0.0915. The Balaban J connectivity index is 1.86. The Labute approximate surface area is 148 Å². The van der Waals surface area contributed by atoms with E-state index in [1.807, 2.05) is 0 Å². The second-order valence-electron chi connectivity index (χ2n) is 5.76. The largest absolute Gasteiger partial charge is 0.394 e. The van der Waals surface area contributed by atoms with Crippen molar-refractivity contribution in [2.45, 2.75) is 6.04 Å². The average Bonchev–Trinajstić information content (AvgIpc) is 3.06. The number of carbonyl (C=O) groups is 1. The minimum Gasteiger partial charge on any atom is -0.394 e. The summed E-state index contributed by atoms with van der Waals surface area (Å²) in [5, 5.41) is 16.2. The van der Waals surface area contributed by atoms with E-state index in [0.717, 1.165) is 0 Å². The normalized spacial score (nSPS) is 12.0. The Morgan fingerprint density at radius 3 is 2.77 bits per heavy atom. The highest BCUT2D eigenvalue weighted by Crippen LogP contribution is 2.15. The second-order valence-corrected chi connectivity index (χ2v) is 5.76. The van der Waals surface area contributed by atoms with E-state index in [2.05, 4.69) is 10.4 Å². The van der Waals surface area contributed by atoms with Crippen molar-refractivity contribution in [3.05, 3.63) is 82.3 Å². The molecule has 0 saturated carbocycles. The van der Waals surface area contributed by atoms with Crippen LogP contribution in [0.5, 0.6) is 0 Å². The van der Waals surface area contributed by atoms with Gasteiger partial charge in [-0.3, -0.25) is 18.8 Å². The number of halogens is 1. The van der Waals surface area contributed by atoms with Crippen LogP contribution in [0, 0.1) is 5.82 Å². The highest BCUT2D eigenvalue weighted by molar-refractivity contribution is 5.94. The zero-order valence-corrected chi connectivity index (χ0v) is 14.0. The van der Waals surface area contributed by atoms with Gasteiger partial charge in [-0.25, -0.2) is 4.39 Å². The van der Waals surface area contributed by atoms with Gasteiger partial charge < -0.3 is 10.4 Å². The summed E-state index contributed by atoms with van der Waals surface area (Å²) in [6, 6.07) is 7.55. The third kappa shape index (κ3) is 3.70. The number of aliphatic hydroxyl groups is 1. The third-order valence-electron chi connectivity index (χ3n) is 3.88. The van der Waals surface area contributed by atoms with Crippen LogP contribution in [0.1, 0.15) is 22.0 Å². The molecule has 0 aliphatic carbocycles. The number of carbonyl (C=O) groups excluding carboxylic acids is 1. The molecule has 0 bridgehead atoms. The number of aromatic nitrogens is 3. The first-order valence-corrected chi connectivity index (χ1v) is 7.87. The van der Waals surface area contributed by atoms with E-state index in [0.29, 0.717) is 11.3 Å². The smallest absolute Gasteiger partial charge is 0.255 e. The topological polar surface area (TPSA) is 89.1 Å². The highest BCUT2D eigenvalue weighted by Gasteiger charge is 2.16. The lowest BCUT2D eigenvalue weighted by Crippen LogP contribution is -2.32. The molecule has 3 rings (SSSR count). The summed E-state index contributed by atoms with van der Waals surface area (Å²) in [6.07, 6.45) is 4.55. The van der Waals surface area contributed by atoms with Gasteiger partial charge in [-0.2, -0.15) is 5.10 Å². The molecule has 2 N–H and O–H groups in total. The van der Waals surface area contributed by atoms with Crippen LogP contribution >= 0.6 is 0 Å². The van der Waals surface area contributed by atoms with E-state index in [1.165, 1.54) is 47.3 Å². The number of hydrogen-bond donors (Lipinski definition) is 2. The molecule has 0 spiro atoms. The van der Waals surface area contributed by atoms with Crippen molar-refractivity contribution in [2.24, 2.45) is 7.05 Å². The first-order valence-electron chi connectivity index (χ1n) is 7.87. The Morgan fingerprint density at radius 1 is 1.31 bits per heavy atom. The molecule has 26 heavy (non-hydrogen) atoms. The van der Waals surface area contributed by atoms with E-state index < -0.39 is 24.4 Å². The maximum absolute atomic E-state index is 13.4. The van der Waals surface area contributed by atoms with Gasteiger partial charge in [0.25, 0.3) is 11.5 Å². The van der Waals surface area contributed by atoms with Crippen LogP contribution in [0.3, 0.4) is 0 Å². The number of nitrogens with one attached hydrogen (secondary N) is 1. The van der Waals surface area contributed by atoms with Gasteiger partial charge in [0, 0.05) is 25.5 Å². The maximum atomic E-state index is 13.4. The third-order valence-corrected chi connectivity index (χ3v) is 3.88. The fourth-order valence-corrected chi connectivity index (χ4v) is 2.56. The van der Waals surface area contributed by atoms with Gasteiger partial charge >= 0.3 is 0 Å². The van der Waals surface area contributed by atoms with Crippen molar-refractivity contribution in [3.8, 4) is 5.69 Å². The minimum absolute atomic E-state index is 0.225. The molecule has 1 atom stereocenters. The molecule has 3 aromatic rings. The predicted molar refractivity (Wildman–Crippen MR) is 92.5 cm³/mol. The molecule has 2 heterocycles.